The van der Waals surface area contributed by atoms with Gasteiger partial charge in [-0.15, -0.1) is 35.3 Å². The topological polar surface area (TPSA) is 420 Å². The van der Waals surface area contributed by atoms with Crippen LogP contribution in [-0.4, -0.2) is 257 Å². The number of anilines is 4. The summed E-state index contributed by atoms with van der Waals surface area (Å²) >= 11 is 4.91. The van der Waals surface area contributed by atoms with Gasteiger partial charge in [0.2, 0.25) is 11.8 Å². The fraction of sp³-hybridized carbons (Fsp3) is 0.290. The predicted octanol–water partition coefficient (Wildman–Crippen LogP) is 16.6. The molecule has 6 amide bonds. The zero-order chi connectivity index (χ0) is 101. The fourth-order valence-electron chi connectivity index (χ4n) is 16.2. The number of hydrogen-bond donors (Lipinski definition) is 6. The van der Waals surface area contributed by atoms with Crippen LogP contribution in [0.2, 0.25) is 0 Å². The molecule has 12 aromatic heterocycles. The van der Waals surface area contributed by atoms with E-state index < -0.39 is 55.8 Å². The Bertz CT molecular complexity index is 7290. The minimum atomic E-state index is -3.14. The van der Waals surface area contributed by atoms with Crippen molar-refractivity contribution in [3.63, 3.8) is 0 Å². The first-order chi connectivity index (χ1) is 70.3. The van der Waals surface area contributed by atoms with Crippen molar-refractivity contribution in [2.75, 3.05) is 87.1 Å². The van der Waals surface area contributed by atoms with Gasteiger partial charge in [-0.3, -0.25) is 48.3 Å². The number of fused-ring (bicyclic) bond motifs is 4. The highest BCUT2D eigenvalue weighted by Gasteiger charge is 2.32. The molecule has 1 atom stereocenters. The van der Waals surface area contributed by atoms with E-state index in [-0.39, 0.29) is 143 Å². The van der Waals surface area contributed by atoms with Gasteiger partial charge in [-0.05, 0) is 168 Å². The van der Waals surface area contributed by atoms with Gasteiger partial charge in [0, 0.05) is 142 Å². The zero-order valence-corrected chi connectivity index (χ0v) is 79.8. The number of rotatable bonds is 31. The predicted molar refractivity (Wildman–Crippen MR) is 515 cm³/mol. The monoisotopic (exact) mass is 2080 g/mol. The van der Waals surface area contributed by atoms with Crippen LogP contribution in [0.15, 0.2) is 216 Å². The summed E-state index contributed by atoms with van der Waals surface area (Å²) in [6.07, 6.45) is 34.0. The van der Waals surface area contributed by atoms with Crippen LogP contribution >= 0.6 is 47.0 Å². The molecule has 754 valence electrons. The first-order valence-corrected chi connectivity index (χ1v) is 48.7. The lowest BCUT2D eigenvalue weighted by Crippen LogP contribution is -2.37. The third-order valence-electron chi connectivity index (χ3n) is 22.9. The normalized spacial score (nSPS) is 14.5. The van der Waals surface area contributed by atoms with Crippen LogP contribution in [0.25, 0.3) is 67.6 Å². The highest BCUT2D eigenvalue weighted by molar-refractivity contribution is 8.00. The van der Waals surface area contributed by atoms with Gasteiger partial charge in [-0.25, -0.2) is 38.0 Å². The Hall–Kier alpha value is -15.2. The molecule has 16 aromatic rings. The van der Waals surface area contributed by atoms with Gasteiger partial charge >= 0.3 is 26.4 Å². The van der Waals surface area contributed by atoms with Gasteiger partial charge in [0.25, 0.3) is 29.4 Å². The van der Waals surface area contributed by atoms with E-state index in [9.17, 15) is 72.7 Å². The summed E-state index contributed by atoms with van der Waals surface area (Å²) < 4.78 is 164. The molecule has 6 N–H and O–H groups in total. The molecule has 0 spiro atoms. The molecule has 0 bridgehead atoms. The summed E-state index contributed by atoms with van der Waals surface area (Å²) in [7, 11) is 2.09. The summed E-state index contributed by atoms with van der Waals surface area (Å²) in [5.41, 5.74) is 4.95. The lowest BCUT2D eigenvalue weighted by atomic mass is 10.1. The maximum Gasteiger partial charge on any atom is 0.387 e. The van der Waals surface area contributed by atoms with Crippen molar-refractivity contribution in [1.82, 2.24) is 113 Å². The zero-order valence-electron chi connectivity index (χ0n) is 76.5. The smallest absolute Gasteiger partial charge is 0.387 e. The van der Waals surface area contributed by atoms with Gasteiger partial charge in [0.1, 0.15) is 69.7 Å². The average molecular weight is 2080 g/mol. The number of likely N-dealkylation sites (tertiary alicyclic amines) is 3. The Balaban J connectivity index is 0.000000133. The number of piperidine rings is 3. The summed E-state index contributed by atoms with van der Waals surface area (Å²) in [6.45, 7) is -6.47. The maximum atomic E-state index is 13.4. The molecule has 0 aliphatic carbocycles. The molecular weight excluding hydrogens is 1990 g/mol. The third kappa shape index (κ3) is 25.2. The molecule has 20 rings (SSSR count). The number of aromatic amines is 2. The van der Waals surface area contributed by atoms with Crippen LogP contribution < -0.4 is 40.2 Å². The first-order valence-electron chi connectivity index (χ1n) is 44.9. The van der Waals surface area contributed by atoms with Gasteiger partial charge in [-0.2, -0.15) is 84.7 Å². The second-order valence-corrected chi connectivity index (χ2v) is 37.3. The molecule has 145 heavy (non-hydrogen) atoms. The van der Waals surface area contributed by atoms with Crippen LogP contribution in [0.5, 0.6) is 23.0 Å². The van der Waals surface area contributed by atoms with Gasteiger partial charge in [0.05, 0.1) is 89.8 Å². The number of hydrogen-bond acceptors (Lipinski definition) is 28. The molecule has 38 nitrogen and oxygen atoms in total. The number of benzene rings is 4. The highest BCUT2D eigenvalue weighted by atomic mass is 32.2. The van der Waals surface area contributed by atoms with Crippen molar-refractivity contribution in [3.8, 4) is 68.0 Å². The van der Waals surface area contributed by atoms with Crippen LogP contribution in [0.4, 0.5) is 66.7 Å². The van der Waals surface area contributed by atoms with E-state index >= 15 is 0 Å². The van der Waals surface area contributed by atoms with Crippen LogP contribution in [-0.2, 0) is 27.4 Å². The molecule has 52 heteroatoms. The maximum absolute atomic E-state index is 13.4. The van der Waals surface area contributed by atoms with E-state index in [4.69, 9.17) is 18.9 Å². The summed E-state index contributed by atoms with van der Waals surface area (Å²) in [5, 5.41) is 50.5. The van der Waals surface area contributed by atoms with E-state index in [1.54, 1.807) is 137 Å². The Labute approximate surface area is 832 Å². The third-order valence-corrected chi connectivity index (χ3v) is 26.7. The van der Waals surface area contributed by atoms with Crippen molar-refractivity contribution >= 4 is 128 Å². The van der Waals surface area contributed by atoms with Crippen LogP contribution in [0.1, 0.15) is 92.8 Å². The van der Waals surface area contributed by atoms with E-state index in [2.05, 4.69) is 109 Å². The van der Waals surface area contributed by atoms with Gasteiger partial charge < -0.3 is 59.7 Å². The van der Waals surface area contributed by atoms with Crippen LogP contribution in [0, 0.1) is 0 Å². The summed E-state index contributed by atoms with van der Waals surface area (Å²) in [4.78, 5) is 104. The van der Waals surface area contributed by atoms with Crippen molar-refractivity contribution in [2.24, 2.45) is 0 Å². The molecule has 0 saturated carbocycles. The Morgan fingerprint density at radius 3 is 1.14 bits per heavy atom. The first kappa shape index (κ1) is 101. The van der Waals surface area contributed by atoms with E-state index in [0.717, 1.165) is 85.2 Å². The largest absolute Gasteiger partial charge is 0.434 e. The number of amides is 6. The van der Waals surface area contributed by atoms with Gasteiger partial charge in [0.15, 0.2) is 22.6 Å². The number of nitrogens with zero attached hydrogens (tertiary/aromatic N) is 21. The number of aromatic nitrogens is 20. The molecular formula is C93H87F10N27O11S4. The molecule has 16 heterocycles. The summed E-state index contributed by atoms with van der Waals surface area (Å²) in [5.74, 6) is -5.47. The number of thioether (sulfide) groups is 4. The molecule has 0 radical (unpaired) electrons. The minimum absolute atomic E-state index is 0.0116. The Kier molecular flexibility index (Phi) is 32.8. The Morgan fingerprint density at radius 1 is 0.428 bits per heavy atom. The Morgan fingerprint density at radius 2 is 0.779 bits per heavy atom. The van der Waals surface area contributed by atoms with Gasteiger partial charge in [-0.1, -0.05) is 11.8 Å². The highest BCUT2D eigenvalue weighted by Crippen LogP contribution is 2.45. The lowest BCUT2D eigenvalue weighted by molar-refractivity contribution is -0.133. The fourth-order valence-corrected chi connectivity index (χ4v) is 19.5. The average Bonchev–Trinajstić information content (AvgIpc) is 1.70. The number of carbonyl (C=O) groups excluding carboxylic acids is 6. The number of nitrogens with one attached hydrogen (secondary N) is 6. The van der Waals surface area contributed by atoms with Crippen molar-refractivity contribution in [2.45, 2.75) is 127 Å². The molecule has 4 fully saturated rings. The van der Waals surface area contributed by atoms with Crippen molar-refractivity contribution in [3.05, 3.63) is 218 Å². The number of ether oxygens (including phenoxy) is 5. The quantitative estimate of drug-likeness (QED) is 0.0174. The second-order valence-electron chi connectivity index (χ2n) is 32.6. The molecule has 4 saturated heterocycles. The minimum Gasteiger partial charge on any atom is -0.434 e. The number of alkyl halides is 10. The van der Waals surface area contributed by atoms with E-state index in [1.165, 1.54) is 125 Å². The van der Waals surface area contributed by atoms with Crippen molar-refractivity contribution < 1.29 is 96.4 Å². The number of halogens is 10. The second kappa shape index (κ2) is 46.9. The SMILES string of the molecule is CN1CCCC(Sc2ccc(OC(F)F)c(-c3[nH]ncc3NC(=O)c3cnn4cccnc34)c2)C1.CSc1ccc(OC(F)F)c(-c2nn(CC(=O)N3CCCCC3)cc2NC(=O)c2cnn3cccnc23)c1.O=C(Nc1cn(CC(=O)N2CCCCC2)nc1-c1cc(SC2COC2)ccc1OC(F)F)c1cnn2cccnc12.O=C(Nc1cn[nH]c1-c1cc(SC(F)F)ccc1OC(F)F)c1cnn2cccnc12. The number of carbonyl (C=O) groups is 6. The standard InChI is InChI=1S/C27H27F2N7O4S.C25H25F2N7O3S.C23H23F2N7O2S.C18H12F4N6O2S/c28-27(29)40-22-6-5-17(41-18-15-39-16-18)11-19(22)24-21(13-35(33-24)14-23(37)34-8-2-1-3-9-34)32-26(38)20-12-31-36-10-4-7-30-25(20)36;1-38-16-6-7-20(37-25(26)27)17(12-16)22-19(14-33(31-22)15-21(35)32-9-3-2-4-10-32)30-24(36)18-13-29-34-11-5-8-28-23(18)34;1-31-8-2-4-15(13-31)35-14-5-6-19(34-23(24)25)16(10-14)20-18(12-27-30-20)29-22(33)17-11-28-32-9-3-7-26-21(17)32;19-17(20)30-13-3-2-9(31-18(21)22)6-10(13)14-12(8-24-27-14)26-16(29)11-7-25-28-5-1-4-23-15(11)28/h4-7,10-13,18,27H,1-3,8-9,14-16H2,(H,32,38);5-8,11-14,25H,2-4,9-10,15H2,1H3,(H,30,36);3,5-7,9-12,15,23H,2,4,8,13H2,1H3,(H,27,30)(H,29,33);1-8,17-18H,(H,24,27)(H,26,29). The molecule has 4 aromatic carbocycles. The van der Waals surface area contributed by atoms with E-state index in [1.807, 2.05) is 6.26 Å². The lowest BCUT2D eigenvalue weighted by Gasteiger charge is -2.29. The van der Waals surface area contributed by atoms with E-state index in [0.29, 0.717) is 84.2 Å². The number of H-pyrrole nitrogens is 2. The van der Waals surface area contributed by atoms with Crippen molar-refractivity contribution in [1.29, 1.82) is 0 Å². The summed E-state index contributed by atoms with van der Waals surface area (Å²) in [6, 6.07) is 25.1. The molecule has 1 unspecified atom stereocenters. The molecule has 4 aliphatic heterocycles. The molecule has 4 aliphatic rings. The van der Waals surface area contributed by atoms with Crippen LogP contribution in [0.3, 0.4) is 0 Å².